The van der Waals surface area contributed by atoms with E-state index >= 15 is 0 Å². The number of aromatic nitrogens is 1. The van der Waals surface area contributed by atoms with Crippen molar-refractivity contribution < 1.29 is 9.53 Å². The van der Waals surface area contributed by atoms with Crippen LogP contribution in [0.15, 0.2) is 24.4 Å². The number of rotatable bonds is 4. The van der Waals surface area contributed by atoms with Crippen LogP contribution in [0.4, 0.5) is 0 Å². The minimum atomic E-state index is -0.442. The van der Waals surface area contributed by atoms with Crippen LogP contribution in [0.3, 0.4) is 0 Å². The number of ether oxygens (including phenoxy) is 1. The molecule has 1 N–H and O–H groups in total. The number of carbonyl (C=O) groups is 1. The molecule has 1 aliphatic rings. The molecular weight excluding hydrogens is 228 g/mol. The second-order valence-electron chi connectivity index (χ2n) is 4.78. The van der Waals surface area contributed by atoms with Crippen LogP contribution in [-0.2, 0) is 16.0 Å². The standard InChI is InChI=1S/C14H20N2O2/c1-2-18-13(17)14(7-5-8-15-11-14)10-12-6-3-4-9-16-12/h3-4,6,9,15H,2,5,7-8,10-11H2,1H3. The molecule has 18 heavy (non-hydrogen) atoms. The molecule has 0 aliphatic carbocycles. The smallest absolute Gasteiger partial charge is 0.313 e. The molecule has 0 aromatic carbocycles. The molecule has 2 rings (SSSR count). The number of esters is 1. The van der Waals surface area contributed by atoms with Crippen molar-refractivity contribution in [3.63, 3.8) is 0 Å². The summed E-state index contributed by atoms with van der Waals surface area (Å²) in [4.78, 5) is 16.6. The predicted molar refractivity (Wildman–Crippen MR) is 69.1 cm³/mol. The van der Waals surface area contributed by atoms with Crippen LogP contribution in [0.1, 0.15) is 25.5 Å². The van der Waals surface area contributed by atoms with Gasteiger partial charge in [-0.3, -0.25) is 9.78 Å². The molecular formula is C14H20N2O2. The van der Waals surface area contributed by atoms with E-state index in [9.17, 15) is 4.79 Å². The average molecular weight is 248 g/mol. The number of nitrogens with one attached hydrogen (secondary N) is 1. The van der Waals surface area contributed by atoms with Gasteiger partial charge in [-0.1, -0.05) is 6.07 Å². The van der Waals surface area contributed by atoms with Gasteiger partial charge in [-0.05, 0) is 38.4 Å². The molecule has 1 aliphatic heterocycles. The minimum absolute atomic E-state index is 0.0946. The fourth-order valence-electron chi connectivity index (χ4n) is 2.50. The van der Waals surface area contributed by atoms with Gasteiger partial charge in [0.2, 0.25) is 0 Å². The van der Waals surface area contributed by atoms with Gasteiger partial charge in [0.15, 0.2) is 0 Å². The molecule has 1 aromatic rings. The topological polar surface area (TPSA) is 51.2 Å². The zero-order valence-corrected chi connectivity index (χ0v) is 10.8. The first-order valence-electron chi connectivity index (χ1n) is 6.55. The van der Waals surface area contributed by atoms with Crippen LogP contribution in [0.2, 0.25) is 0 Å². The lowest BCUT2D eigenvalue weighted by Crippen LogP contribution is -2.48. The maximum atomic E-state index is 12.2. The van der Waals surface area contributed by atoms with Crippen LogP contribution >= 0.6 is 0 Å². The fraction of sp³-hybridized carbons (Fsp3) is 0.571. The molecule has 0 bridgehead atoms. The number of hydrogen-bond donors (Lipinski definition) is 1. The molecule has 1 atom stereocenters. The summed E-state index contributed by atoms with van der Waals surface area (Å²) in [7, 11) is 0. The van der Waals surface area contributed by atoms with Crippen molar-refractivity contribution in [2.45, 2.75) is 26.2 Å². The molecule has 98 valence electrons. The van der Waals surface area contributed by atoms with Crippen LogP contribution in [0.25, 0.3) is 0 Å². The van der Waals surface area contributed by atoms with Gasteiger partial charge in [-0.25, -0.2) is 0 Å². The minimum Gasteiger partial charge on any atom is -0.466 e. The van der Waals surface area contributed by atoms with E-state index in [1.807, 2.05) is 25.1 Å². The SMILES string of the molecule is CCOC(=O)C1(Cc2ccccn2)CCCNC1. The van der Waals surface area contributed by atoms with Gasteiger partial charge in [0.25, 0.3) is 0 Å². The molecule has 1 unspecified atom stereocenters. The molecule has 4 nitrogen and oxygen atoms in total. The Labute approximate surface area is 108 Å². The summed E-state index contributed by atoms with van der Waals surface area (Å²) >= 11 is 0. The van der Waals surface area contributed by atoms with Gasteiger partial charge in [0, 0.05) is 24.9 Å². The van der Waals surface area contributed by atoms with E-state index in [0.29, 0.717) is 19.6 Å². The molecule has 4 heteroatoms. The van der Waals surface area contributed by atoms with Crippen molar-refractivity contribution in [1.82, 2.24) is 10.3 Å². The number of hydrogen-bond acceptors (Lipinski definition) is 4. The molecule has 0 spiro atoms. The second kappa shape index (κ2) is 5.96. The Morgan fingerprint density at radius 3 is 3.06 bits per heavy atom. The maximum Gasteiger partial charge on any atom is 0.313 e. The highest BCUT2D eigenvalue weighted by atomic mass is 16.5. The van der Waals surface area contributed by atoms with Crippen molar-refractivity contribution in [1.29, 1.82) is 0 Å². The molecule has 2 heterocycles. The summed E-state index contributed by atoms with van der Waals surface area (Å²) < 4.78 is 5.25. The van der Waals surface area contributed by atoms with Crippen molar-refractivity contribution in [3.05, 3.63) is 30.1 Å². The van der Waals surface area contributed by atoms with Gasteiger partial charge < -0.3 is 10.1 Å². The van der Waals surface area contributed by atoms with Crippen molar-refractivity contribution in [2.24, 2.45) is 5.41 Å². The number of pyridine rings is 1. The number of piperidine rings is 1. The highest BCUT2D eigenvalue weighted by Crippen LogP contribution is 2.31. The van der Waals surface area contributed by atoms with Gasteiger partial charge in [-0.2, -0.15) is 0 Å². The first kappa shape index (κ1) is 13.0. The Bertz CT molecular complexity index is 386. The quantitative estimate of drug-likeness (QED) is 0.822. The molecule has 1 fully saturated rings. The third-order valence-electron chi connectivity index (χ3n) is 3.43. The molecule has 0 radical (unpaired) electrons. The third kappa shape index (κ3) is 2.88. The van der Waals surface area contributed by atoms with E-state index in [1.54, 1.807) is 6.20 Å². The first-order valence-corrected chi connectivity index (χ1v) is 6.55. The fourth-order valence-corrected chi connectivity index (χ4v) is 2.50. The zero-order chi connectivity index (χ0) is 12.8. The van der Waals surface area contributed by atoms with Gasteiger partial charge in [0.05, 0.1) is 12.0 Å². The Balaban J connectivity index is 2.16. The summed E-state index contributed by atoms with van der Waals surface area (Å²) in [5, 5.41) is 3.31. The Morgan fingerprint density at radius 2 is 2.44 bits per heavy atom. The summed E-state index contributed by atoms with van der Waals surface area (Å²) in [6.45, 7) is 3.94. The number of carbonyl (C=O) groups excluding carboxylic acids is 1. The first-order chi connectivity index (χ1) is 8.77. The predicted octanol–water partition coefficient (Wildman–Crippen LogP) is 1.56. The Hall–Kier alpha value is -1.42. The van der Waals surface area contributed by atoms with Crippen molar-refractivity contribution in [3.8, 4) is 0 Å². The van der Waals surface area contributed by atoms with Crippen LogP contribution in [-0.4, -0.2) is 30.6 Å². The number of nitrogens with zero attached hydrogens (tertiary/aromatic N) is 1. The van der Waals surface area contributed by atoms with E-state index in [4.69, 9.17) is 4.74 Å². The van der Waals surface area contributed by atoms with E-state index in [-0.39, 0.29) is 5.97 Å². The highest BCUT2D eigenvalue weighted by Gasteiger charge is 2.41. The van der Waals surface area contributed by atoms with E-state index in [2.05, 4.69) is 10.3 Å². The van der Waals surface area contributed by atoms with E-state index in [1.165, 1.54) is 0 Å². The molecule has 0 saturated carbocycles. The van der Waals surface area contributed by atoms with E-state index in [0.717, 1.165) is 25.1 Å². The molecule has 0 amide bonds. The van der Waals surface area contributed by atoms with Crippen molar-refractivity contribution >= 4 is 5.97 Å². The molecule has 1 aromatic heterocycles. The van der Waals surface area contributed by atoms with Gasteiger partial charge in [0.1, 0.15) is 0 Å². The third-order valence-corrected chi connectivity index (χ3v) is 3.43. The summed E-state index contributed by atoms with van der Waals surface area (Å²) in [6.07, 6.45) is 4.30. The lowest BCUT2D eigenvalue weighted by molar-refractivity contribution is -0.156. The highest BCUT2D eigenvalue weighted by molar-refractivity contribution is 5.77. The molecule has 1 saturated heterocycles. The van der Waals surface area contributed by atoms with Crippen LogP contribution in [0, 0.1) is 5.41 Å². The Kier molecular flexibility index (Phi) is 4.31. The van der Waals surface area contributed by atoms with Crippen molar-refractivity contribution in [2.75, 3.05) is 19.7 Å². The lowest BCUT2D eigenvalue weighted by Gasteiger charge is -2.35. The lowest BCUT2D eigenvalue weighted by atomic mass is 9.76. The van der Waals surface area contributed by atoms with Crippen LogP contribution in [0.5, 0.6) is 0 Å². The zero-order valence-electron chi connectivity index (χ0n) is 10.8. The summed E-state index contributed by atoms with van der Waals surface area (Å²) in [6, 6.07) is 5.81. The van der Waals surface area contributed by atoms with E-state index < -0.39 is 5.41 Å². The normalized spacial score (nSPS) is 23.6. The second-order valence-corrected chi connectivity index (χ2v) is 4.78. The van der Waals surface area contributed by atoms with Crippen LogP contribution < -0.4 is 5.32 Å². The summed E-state index contributed by atoms with van der Waals surface area (Å²) in [5.74, 6) is -0.0946. The maximum absolute atomic E-state index is 12.2. The van der Waals surface area contributed by atoms with Gasteiger partial charge in [-0.15, -0.1) is 0 Å². The average Bonchev–Trinajstić information content (AvgIpc) is 2.41. The Morgan fingerprint density at radius 1 is 1.56 bits per heavy atom. The van der Waals surface area contributed by atoms with Gasteiger partial charge >= 0.3 is 5.97 Å². The summed E-state index contributed by atoms with van der Waals surface area (Å²) in [5.41, 5.74) is 0.511. The monoisotopic (exact) mass is 248 g/mol. The largest absolute Gasteiger partial charge is 0.466 e.